The molecule has 1 aromatic carbocycles. The molecule has 0 amide bonds. The van der Waals surface area contributed by atoms with Gasteiger partial charge in [0.25, 0.3) is 0 Å². The second-order valence-corrected chi connectivity index (χ2v) is 10.1. The van der Waals surface area contributed by atoms with Gasteiger partial charge < -0.3 is 0 Å². The van der Waals surface area contributed by atoms with Crippen molar-refractivity contribution >= 4 is 19.9 Å². The van der Waals surface area contributed by atoms with Gasteiger partial charge in [-0.05, 0) is 37.0 Å². The summed E-state index contributed by atoms with van der Waals surface area (Å²) in [5.41, 5.74) is 0.507. The van der Waals surface area contributed by atoms with Gasteiger partial charge in [-0.2, -0.15) is 4.31 Å². The molecule has 0 aromatic heterocycles. The highest BCUT2D eigenvalue weighted by molar-refractivity contribution is 7.92. The molecule has 0 N–H and O–H groups in total. The molecule has 1 saturated carbocycles. The number of hydrogen-bond acceptors (Lipinski definition) is 4. The summed E-state index contributed by atoms with van der Waals surface area (Å²) < 4.78 is 63.0. The average Bonchev–Trinajstić information content (AvgIpc) is 3.16. The Morgan fingerprint density at radius 3 is 2.23 bits per heavy atom. The van der Waals surface area contributed by atoms with Crippen molar-refractivity contribution < 1.29 is 21.2 Å². The first-order valence-electron chi connectivity index (χ1n) is 7.23. The maximum Gasteiger partial charge on any atom is 0.218 e. The van der Waals surface area contributed by atoms with Gasteiger partial charge in [-0.15, -0.1) is 0 Å². The molecule has 0 bridgehead atoms. The van der Waals surface area contributed by atoms with Crippen molar-refractivity contribution in [3.8, 4) is 0 Å². The average molecular weight is 347 g/mol. The predicted molar refractivity (Wildman–Crippen MR) is 80.9 cm³/mol. The number of sulfone groups is 1. The van der Waals surface area contributed by atoms with Crippen LogP contribution in [0.2, 0.25) is 0 Å². The molecule has 3 rings (SSSR count). The van der Waals surface area contributed by atoms with Crippen LogP contribution < -0.4 is 0 Å². The summed E-state index contributed by atoms with van der Waals surface area (Å²) in [6, 6.07) is 4.82. The number of nitrogens with zero attached hydrogens (tertiary/aromatic N) is 1. The Morgan fingerprint density at radius 2 is 1.73 bits per heavy atom. The van der Waals surface area contributed by atoms with E-state index < -0.39 is 31.7 Å². The van der Waals surface area contributed by atoms with E-state index >= 15 is 0 Å². The van der Waals surface area contributed by atoms with Gasteiger partial charge in [0, 0.05) is 12.1 Å². The summed E-state index contributed by atoms with van der Waals surface area (Å²) in [7, 11) is -6.75. The van der Waals surface area contributed by atoms with Crippen molar-refractivity contribution in [1.82, 2.24) is 4.31 Å². The van der Waals surface area contributed by atoms with Gasteiger partial charge in [0.05, 0.1) is 17.3 Å². The first-order valence-corrected chi connectivity index (χ1v) is 10.7. The zero-order chi connectivity index (χ0) is 16.0. The zero-order valence-electron chi connectivity index (χ0n) is 12.0. The summed E-state index contributed by atoms with van der Waals surface area (Å²) >= 11 is 0. The van der Waals surface area contributed by atoms with E-state index in [2.05, 4.69) is 0 Å². The topological polar surface area (TPSA) is 71.5 Å². The second-order valence-electron chi connectivity index (χ2n) is 6.00. The molecule has 1 aliphatic heterocycles. The smallest absolute Gasteiger partial charge is 0.218 e. The van der Waals surface area contributed by atoms with Crippen LogP contribution in [0.5, 0.6) is 0 Å². The fourth-order valence-electron chi connectivity index (χ4n) is 2.92. The fourth-order valence-corrected chi connectivity index (χ4v) is 6.79. The molecule has 122 valence electrons. The lowest BCUT2D eigenvalue weighted by Gasteiger charge is -2.27. The molecule has 1 atom stereocenters. The largest absolute Gasteiger partial charge is 0.229 e. The number of benzene rings is 1. The maximum atomic E-state index is 12.9. The molecule has 1 aromatic rings. The van der Waals surface area contributed by atoms with Crippen LogP contribution in [0.25, 0.3) is 0 Å². The number of rotatable bonds is 5. The molecule has 22 heavy (non-hydrogen) atoms. The molecule has 5 nitrogen and oxygen atoms in total. The summed E-state index contributed by atoms with van der Waals surface area (Å²) in [5, 5.41) is 0. The van der Waals surface area contributed by atoms with Crippen molar-refractivity contribution in [3.05, 3.63) is 35.6 Å². The molecular weight excluding hydrogens is 329 g/mol. The molecule has 1 saturated heterocycles. The van der Waals surface area contributed by atoms with Crippen molar-refractivity contribution in [3.63, 3.8) is 0 Å². The first kappa shape index (κ1) is 15.9. The highest BCUT2D eigenvalue weighted by atomic mass is 32.2. The van der Waals surface area contributed by atoms with Crippen LogP contribution in [-0.2, 0) is 25.6 Å². The standard InChI is InChI=1S/C14H18FNO4S2/c15-12-3-1-11(2-4-12)9-22(19,20)16(13-5-6-13)14-7-8-21(17,18)10-14/h1-4,13-14H,5-10H2. The minimum Gasteiger partial charge on any atom is -0.229 e. The van der Waals surface area contributed by atoms with Crippen LogP contribution >= 0.6 is 0 Å². The van der Waals surface area contributed by atoms with Gasteiger partial charge >= 0.3 is 0 Å². The molecule has 0 spiro atoms. The van der Waals surface area contributed by atoms with E-state index in [1.807, 2.05) is 0 Å². The van der Waals surface area contributed by atoms with Gasteiger partial charge in [0.2, 0.25) is 10.0 Å². The third-order valence-corrected chi connectivity index (χ3v) is 7.75. The van der Waals surface area contributed by atoms with Gasteiger partial charge in [-0.3, -0.25) is 0 Å². The normalized spacial score (nSPS) is 24.7. The maximum absolute atomic E-state index is 12.9. The van der Waals surface area contributed by atoms with Crippen LogP contribution in [0.15, 0.2) is 24.3 Å². The Labute approximate surface area is 130 Å². The highest BCUT2D eigenvalue weighted by Crippen LogP contribution is 2.35. The summed E-state index contributed by atoms with van der Waals surface area (Å²) in [6.45, 7) is 0. The van der Waals surface area contributed by atoms with E-state index in [9.17, 15) is 21.2 Å². The molecule has 1 heterocycles. The monoisotopic (exact) mass is 347 g/mol. The van der Waals surface area contributed by atoms with E-state index in [-0.39, 0.29) is 23.3 Å². The fraction of sp³-hybridized carbons (Fsp3) is 0.571. The van der Waals surface area contributed by atoms with Crippen LogP contribution in [0.3, 0.4) is 0 Å². The van der Waals surface area contributed by atoms with Gasteiger partial charge in [0.1, 0.15) is 5.82 Å². The first-order chi connectivity index (χ1) is 10.3. The zero-order valence-corrected chi connectivity index (χ0v) is 13.6. The van der Waals surface area contributed by atoms with Gasteiger partial charge in [-0.1, -0.05) is 12.1 Å². The van der Waals surface area contributed by atoms with Crippen molar-refractivity contribution in [2.24, 2.45) is 0 Å². The Morgan fingerprint density at radius 1 is 1.09 bits per heavy atom. The number of halogens is 1. The molecule has 0 radical (unpaired) electrons. The molecule has 1 unspecified atom stereocenters. The van der Waals surface area contributed by atoms with E-state index in [0.717, 1.165) is 12.8 Å². The quantitative estimate of drug-likeness (QED) is 0.805. The lowest BCUT2D eigenvalue weighted by atomic mass is 10.2. The number of sulfonamides is 1. The molecule has 2 aliphatic rings. The summed E-state index contributed by atoms with van der Waals surface area (Å²) in [4.78, 5) is 0. The molecule has 8 heteroatoms. The Bertz CT molecular complexity index is 755. The van der Waals surface area contributed by atoms with Gasteiger partial charge in [0.15, 0.2) is 9.84 Å². The van der Waals surface area contributed by atoms with Crippen LogP contribution in [0.1, 0.15) is 24.8 Å². The SMILES string of the molecule is O=S1(=O)CCC(N(C2CC2)S(=O)(=O)Cc2ccc(F)cc2)C1. The minimum atomic E-state index is -3.61. The lowest BCUT2D eigenvalue weighted by Crippen LogP contribution is -2.43. The number of hydrogen-bond donors (Lipinski definition) is 0. The van der Waals surface area contributed by atoms with E-state index in [1.165, 1.54) is 28.6 Å². The molecular formula is C14H18FNO4S2. The minimum absolute atomic E-state index is 0.0486. The highest BCUT2D eigenvalue weighted by Gasteiger charge is 2.45. The van der Waals surface area contributed by atoms with Crippen LogP contribution in [0, 0.1) is 5.82 Å². The van der Waals surface area contributed by atoms with Crippen molar-refractivity contribution in [1.29, 1.82) is 0 Å². The van der Waals surface area contributed by atoms with E-state index in [0.29, 0.717) is 12.0 Å². The molecule has 2 fully saturated rings. The second kappa shape index (κ2) is 5.58. The third kappa shape index (κ3) is 3.49. The lowest BCUT2D eigenvalue weighted by molar-refractivity contribution is 0.332. The van der Waals surface area contributed by atoms with Crippen LogP contribution in [0.4, 0.5) is 4.39 Å². The van der Waals surface area contributed by atoms with Crippen LogP contribution in [-0.4, -0.2) is 44.7 Å². The van der Waals surface area contributed by atoms with Crippen molar-refractivity contribution in [2.45, 2.75) is 37.1 Å². The summed E-state index contributed by atoms with van der Waals surface area (Å²) in [6.07, 6.45) is 1.92. The van der Waals surface area contributed by atoms with E-state index in [1.54, 1.807) is 0 Å². The third-order valence-electron chi connectivity index (χ3n) is 4.06. The Kier molecular flexibility index (Phi) is 4.03. The Balaban J connectivity index is 1.82. The molecule has 1 aliphatic carbocycles. The van der Waals surface area contributed by atoms with Crippen molar-refractivity contribution in [2.75, 3.05) is 11.5 Å². The van der Waals surface area contributed by atoms with E-state index in [4.69, 9.17) is 0 Å². The summed E-state index contributed by atoms with van der Waals surface area (Å²) in [5.74, 6) is -0.679. The van der Waals surface area contributed by atoms with Gasteiger partial charge in [-0.25, -0.2) is 21.2 Å². The Hall–Kier alpha value is -0.990. The predicted octanol–water partition coefficient (Wildman–Crippen LogP) is 1.31.